The number of carbonyl (C=O) groups is 1. The van der Waals surface area contributed by atoms with E-state index in [1.807, 2.05) is 72.8 Å². The summed E-state index contributed by atoms with van der Waals surface area (Å²) in [6, 6.07) is 27.8. The molecular formula is C26H25N3O. The summed E-state index contributed by atoms with van der Waals surface area (Å²) >= 11 is 0. The molecule has 3 aromatic carbocycles. The second-order valence-electron chi connectivity index (χ2n) is 7.38. The Morgan fingerprint density at radius 1 is 0.933 bits per heavy atom. The van der Waals surface area contributed by atoms with Gasteiger partial charge in [0.15, 0.2) is 0 Å². The smallest absolute Gasteiger partial charge is 0.252 e. The summed E-state index contributed by atoms with van der Waals surface area (Å²) in [5.74, 6) is -0.124. The number of nitrogens with two attached hydrogens (primary N) is 1. The van der Waals surface area contributed by atoms with Crippen LogP contribution in [0.3, 0.4) is 0 Å². The molecule has 1 aliphatic heterocycles. The van der Waals surface area contributed by atoms with Gasteiger partial charge in [-0.15, -0.1) is 0 Å². The maximum atomic E-state index is 13.1. The zero-order valence-electron chi connectivity index (χ0n) is 16.8. The average molecular weight is 396 g/mol. The molecule has 1 heterocycles. The van der Waals surface area contributed by atoms with Crippen LogP contribution in [0.15, 0.2) is 96.0 Å². The van der Waals surface area contributed by atoms with Crippen LogP contribution in [0.5, 0.6) is 0 Å². The Kier molecular flexibility index (Phi) is 6.16. The molecule has 0 bridgehead atoms. The van der Waals surface area contributed by atoms with Gasteiger partial charge in [0.25, 0.3) is 5.91 Å². The first kappa shape index (κ1) is 19.8. The summed E-state index contributed by atoms with van der Waals surface area (Å²) in [4.78, 5) is 17.8. The number of rotatable bonds is 7. The lowest BCUT2D eigenvalue weighted by molar-refractivity contribution is 0.0938. The number of amides is 1. The summed E-state index contributed by atoms with van der Waals surface area (Å²) in [7, 11) is 0. The van der Waals surface area contributed by atoms with Crippen LogP contribution in [0.1, 0.15) is 27.0 Å². The zero-order chi connectivity index (χ0) is 20.8. The van der Waals surface area contributed by atoms with Gasteiger partial charge in [-0.1, -0.05) is 78.9 Å². The van der Waals surface area contributed by atoms with E-state index in [0.717, 1.165) is 28.0 Å². The van der Waals surface area contributed by atoms with Crippen molar-refractivity contribution in [2.45, 2.75) is 12.5 Å². The molecule has 0 spiro atoms. The highest BCUT2D eigenvalue weighted by Crippen LogP contribution is 2.23. The summed E-state index contributed by atoms with van der Waals surface area (Å²) in [6.45, 7) is 0.997. The van der Waals surface area contributed by atoms with Gasteiger partial charge >= 0.3 is 0 Å². The van der Waals surface area contributed by atoms with Crippen LogP contribution in [-0.2, 0) is 6.42 Å². The largest absolute Gasteiger partial charge is 0.348 e. The van der Waals surface area contributed by atoms with Crippen molar-refractivity contribution in [2.75, 3.05) is 13.1 Å². The molecule has 30 heavy (non-hydrogen) atoms. The van der Waals surface area contributed by atoms with Gasteiger partial charge in [0, 0.05) is 23.7 Å². The first-order valence-electron chi connectivity index (χ1n) is 10.2. The standard InChI is InChI=1S/C26H25N3O/c27-17-22(15-19-9-3-1-4-10-19)29-26(30)24-14-8-7-13-23(24)25-16-21(18-28-25)20-11-5-2-6-12-20/h1-14,16,22H,15,17-18,27H2,(H,29,30)/t22-/m0/s1. The van der Waals surface area contributed by atoms with Crippen molar-refractivity contribution in [3.05, 3.63) is 113 Å². The molecule has 4 heteroatoms. The quantitative estimate of drug-likeness (QED) is 0.638. The molecule has 4 nitrogen and oxygen atoms in total. The maximum absolute atomic E-state index is 13.1. The van der Waals surface area contributed by atoms with Gasteiger partial charge in [-0.25, -0.2) is 0 Å². The van der Waals surface area contributed by atoms with Crippen LogP contribution in [0.4, 0.5) is 0 Å². The lowest BCUT2D eigenvalue weighted by Crippen LogP contribution is -2.42. The van der Waals surface area contributed by atoms with Gasteiger partial charge < -0.3 is 11.1 Å². The topological polar surface area (TPSA) is 67.5 Å². The van der Waals surface area contributed by atoms with Crippen LogP contribution in [-0.4, -0.2) is 30.8 Å². The van der Waals surface area contributed by atoms with E-state index in [-0.39, 0.29) is 11.9 Å². The first-order chi connectivity index (χ1) is 14.7. The molecule has 150 valence electrons. The van der Waals surface area contributed by atoms with Crippen molar-refractivity contribution in [1.82, 2.24) is 5.32 Å². The Hall–Kier alpha value is -3.50. The van der Waals surface area contributed by atoms with Gasteiger partial charge in [-0.2, -0.15) is 0 Å². The second-order valence-corrected chi connectivity index (χ2v) is 7.38. The highest BCUT2D eigenvalue weighted by Gasteiger charge is 2.20. The predicted octanol–water partition coefficient (Wildman–Crippen LogP) is 3.87. The Balaban J connectivity index is 1.53. The van der Waals surface area contributed by atoms with E-state index in [1.54, 1.807) is 0 Å². The van der Waals surface area contributed by atoms with Crippen LogP contribution in [0.25, 0.3) is 5.57 Å². The van der Waals surface area contributed by atoms with E-state index < -0.39 is 0 Å². The molecule has 0 aliphatic carbocycles. The number of allylic oxidation sites excluding steroid dienone is 1. The number of hydrogen-bond donors (Lipinski definition) is 2. The number of benzene rings is 3. The summed E-state index contributed by atoms with van der Waals surface area (Å²) < 4.78 is 0. The van der Waals surface area contributed by atoms with E-state index in [9.17, 15) is 4.79 Å². The van der Waals surface area contributed by atoms with Gasteiger partial charge in [0.1, 0.15) is 0 Å². The molecule has 1 atom stereocenters. The number of carbonyl (C=O) groups excluding carboxylic acids is 1. The Morgan fingerprint density at radius 2 is 1.60 bits per heavy atom. The summed E-state index contributed by atoms with van der Waals surface area (Å²) in [5.41, 5.74) is 11.7. The summed E-state index contributed by atoms with van der Waals surface area (Å²) in [6.07, 6.45) is 2.77. The SMILES string of the molecule is NC[C@H](Cc1ccccc1)NC(=O)c1ccccc1C1=NCC(c2ccccc2)=C1. The fraction of sp³-hybridized carbons (Fsp3) is 0.154. The monoisotopic (exact) mass is 395 g/mol. The molecule has 0 unspecified atom stereocenters. The molecule has 0 saturated carbocycles. The Morgan fingerprint density at radius 3 is 2.33 bits per heavy atom. The lowest BCUT2D eigenvalue weighted by atomic mass is 9.99. The lowest BCUT2D eigenvalue weighted by Gasteiger charge is -2.18. The van der Waals surface area contributed by atoms with Crippen molar-refractivity contribution in [2.24, 2.45) is 10.7 Å². The van der Waals surface area contributed by atoms with Crippen LogP contribution in [0, 0.1) is 0 Å². The van der Waals surface area contributed by atoms with Crippen molar-refractivity contribution in [3.63, 3.8) is 0 Å². The minimum atomic E-state index is -0.131. The van der Waals surface area contributed by atoms with Crippen molar-refractivity contribution < 1.29 is 4.79 Å². The minimum Gasteiger partial charge on any atom is -0.348 e. The van der Waals surface area contributed by atoms with Crippen LogP contribution in [0.2, 0.25) is 0 Å². The molecule has 1 aliphatic rings. The fourth-order valence-corrected chi connectivity index (χ4v) is 3.68. The van der Waals surface area contributed by atoms with Gasteiger partial charge in [-0.05, 0) is 35.3 Å². The first-order valence-corrected chi connectivity index (χ1v) is 10.2. The van der Waals surface area contributed by atoms with Gasteiger partial charge in [-0.3, -0.25) is 9.79 Å². The highest BCUT2D eigenvalue weighted by atomic mass is 16.1. The molecule has 0 aromatic heterocycles. The molecule has 3 N–H and O–H groups in total. The van der Waals surface area contributed by atoms with Gasteiger partial charge in [0.2, 0.25) is 0 Å². The third-order valence-corrected chi connectivity index (χ3v) is 5.27. The predicted molar refractivity (Wildman–Crippen MR) is 123 cm³/mol. The molecule has 0 radical (unpaired) electrons. The van der Waals surface area contributed by atoms with Crippen molar-refractivity contribution >= 4 is 17.2 Å². The molecule has 3 aromatic rings. The summed E-state index contributed by atoms with van der Waals surface area (Å²) in [5, 5.41) is 3.10. The Labute approximate surface area is 177 Å². The third-order valence-electron chi connectivity index (χ3n) is 5.27. The van der Waals surface area contributed by atoms with E-state index in [4.69, 9.17) is 10.7 Å². The normalized spacial score (nSPS) is 14.0. The van der Waals surface area contributed by atoms with Crippen molar-refractivity contribution in [1.29, 1.82) is 0 Å². The fourth-order valence-electron chi connectivity index (χ4n) is 3.68. The number of nitrogens with one attached hydrogen (secondary N) is 1. The number of aliphatic imine (C=N–C) groups is 1. The van der Waals surface area contributed by atoms with Crippen LogP contribution >= 0.6 is 0 Å². The van der Waals surface area contributed by atoms with E-state index in [1.165, 1.54) is 0 Å². The third kappa shape index (κ3) is 4.56. The molecule has 1 amide bonds. The minimum absolute atomic E-state index is 0.124. The molecular weight excluding hydrogens is 370 g/mol. The highest BCUT2D eigenvalue weighted by molar-refractivity contribution is 6.19. The molecule has 4 rings (SSSR count). The second kappa shape index (κ2) is 9.33. The molecule has 0 saturated heterocycles. The number of hydrogen-bond acceptors (Lipinski definition) is 3. The number of nitrogens with zero attached hydrogens (tertiary/aromatic N) is 1. The average Bonchev–Trinajstić information content (AvgIpc) is 3.30. The van der Waals surface area contributed by atoms with Crippen LogP contribution < -0.4 is 11.1 Å². The van der Waals surface area contributed by atoms with E-state index in [0.29, 0.717) is 25.1 Å². The van der Waals surface area contributed by atoms with E-state index >= 15 is 0 Å². The van der Waals surface area contributed by atoms with Crippen molar-refractivity contribution in [3.8, 4) is 0 Å². The zero-order valence-corrected chi connectivity index (χ0v) is 16.8. The maximum Gasteiger partial charge on any atom is 0.252 e. The van der Waals surface area contributed by atoms with Gasteiger partial charge in [0.05, 0.1) is 12.3 Å². The van der Waals surface area contributed by atoms with E-state index in [2.05, 4.69) is 23.5 Å². The molecule has 0 fully saturated rings. The Bertz CT molecular complexity index is 1070.